The van der Waals surface area contributed by atoms with Crippen LogP contribution in [0.5, 0.6) is 0 Å². The number of aryl methyl sites for hydroxylation is 1. The number of ether oxygens (including phenoxy) is 1. The van der Waals surface area contributed by atoms with Crippen molar-refractivity contribution in [2.45, 2.75) is 44.9 Å². The Balaban J connectivity index is 1.82. The van der Waals surface area contributed by atoms with Crippen LogP contribution in [0.2, 0.25) is 0 Å². The third-order valence-corrected chi connectivity index (χ3v) is 3.39. The predicted octanol–water partition coefficient (Wildman–Crippen LogP) is 2.05. The molecule has 0 saturated heterocycles. The molecule has 1 fully saturated rings. The van der Waals surface area contributed by atoms with Crippen molar-refractivity contribution in [3.63, 3.8) is 0 Å². The Morgan fingerprint density at radius 1 is 1.50 bits per heavy atom. The maximum Gasteiger partial charge on any atom is 0.0586 e. The second-order valence-corrected chi connectivity index (χ2v) is 4.52. The van der Waals surface area contributed by atoms with Crippen LogP contribution >= 0.6 is 0 Å². The van der Waals surface area contributed by atoms with E-state index in [1.54, 1.807) is 7.11 Å². The average Bonchev–Trinajstić information content (AvgIpc) is 2.76. The summed E-state index contributed by atoms with van der Waals surface area (Å²) < 4.78 is 5.36. The summed E-state index contributed by atoms with van der Waals surface area (Å²) in [6.07, 6.45) is 5.82. The van der Waals surface area contributed by atoms with Gasteiger partial charge in [-0.3, -0.25) is 4.98 Å². The fourth-order valence-electron chi connectivity index (χ4n) is 2.28. The van der Waals surface area contributed by atoms with Crippen molar-refractivity contribution >= 4 is 0 Å². The molecule has 2 atom stereocenters. The summed E-state index contributed by atoms with van der Waals surface area (Å²) in [6.45, 7) is 2.98. The first kappa shape index (κ1) is 11.6. The van der Waals surface area contributed by atoms with E-state index in [4.69, 9.17) is 4.74 Å². The van der Waals surface area contributed by atoms with Gasteiger partial charge in [0.25, 0.3) is 0 Å². The van der Waals surface area contributed by atoms with Crippen LogP contribution in [0.25, 0.3) is 0 Å². The van der Waals surface area contributed by atoms with Gasteiger partial charge in [0.2, 0.25) is 0 Å². The van der Waals surface area contributed by atoms with Gasteiger partial charge in [0.15, 0.2) is 0 Å². The van der Waals surface area contributed by atoms with Gasteiger partial charge in [-0.25, -0.2) is 0 Å². The van der Waals surface area contributed by atoms with Gasteiger partial charge in [0.1, 0.15) is 0 Å². The van der Waals surface area contributed by atoms with Crippen LogP contribution in [-0.2, 0) is 11.3 Å². The maximum atomic E-state index is 5.36. The van der Waals surface area contributed by atoms with E-state index in [1.807, 2.05) is 12.3 Å². The van der Waals surface area contributed by atoms with E-state index in [2.05, 4.69) is 23.3 Å². The predicted molar refractivity (Wildman–Crippen MR) is 64.2 cm³/mol. The second kappa shape index (κ2) is 5.41. The lowest BCUT2D eigenvalue weighted by Gasteiger charge is -2.13. The first-order valence-corrected chi connectivity index (χ1v) is 5.96. The lowest BCUT2D eigenvalue weighted by Crippen LogP contribution is -2.27. The Kier molecular flexibility index (Phi) is 3.91. The first-order valence-electron chi connectivity index (χ1n) is 5.96. The van der Waals surface area contributed by atoms with Crippen molar-refractivity contribution in [3.8, 4) is 0 Å². The van der Waals surface area contributed by atoms with Crippen molar-refractivity contribution in [2.75, 3.05) is 7.11 Å². The summed E-state index contributed by atoms with van der Waals surface area (Å²) >= 11 is 0. The minimum Gasteiger partial charge on any atom is -0.381 e. The number of methoxy groups -OCH3 is 1. The number of aromatic nitrogens is 1. The molecule has 1 heterocycles. The molecule has 2 rings (SSSR count). The van der Waals surface area contributed by atoms with Gasteiger partial charge in [-0.1, -0.05) is 6.07 Å². The lowest BCUT2D eigenvalue weighted by atomic mass is 10.2. The quantitative estimate of drug-likeness (QED) is 0.843. The van der Waals surface area contributed by atoms with Gasteiger partial charge in [0.05, 0.1) is 11.8 Å². The van der Waals surface area contributed by atoms with Crippen LogP contribution in [-0.4, -0.2) is 24.2 Å². The molecule has 1 N–H and O–H groups in total. The SMILES string of the molecule is COC1CCC(NCc2ncccc2C)C1. The van der Waals surface area contributed by atoms with Crippen molar-refractivity contribution in [1.29, 1.82) is 0 Å². The normalized spacial score (nSPS) is 24.9. The fourth-order valence-corrected chi connectivity index (χ4v) is 2.28. The van der Waals surface area contributed by atoms with Gasteiger partial charge >= 0.3 is 0 Å². The standard InChI is InChI=1S/C13H20N2O/c1-10-4-3-7-14-13(10)9-15-11-5-6-12(8-11)16-2/h3-4,7,11-12,15H,5-6,8-9H2,1-2H3. The van der Waals surface area contributed by atoms with Crippen molar-refractivity contribution in [2.24, 2.45) is 0 Å². The largest absolute Gasteiger partial charge is 0.381 e. The van der Waals surface area contributed by atoms with E-state index in [0.29, 0.717) is 12.1 Å². The smallest absolute Gasteiger partial charge is 0.0586 e. The minimum atomic E-state index is 0.447. The van der Waals surface area contributed by atoms with Gasteiger partial charge in [-0.15, -0.1) is 0 Å². The molecule has 2 unspecified atom stereocenters. The maximum absolute atomic E-state index is 5.36. The monoisotopic (exact) mass is 220 g/mol. The summed E-state index contributed by atoms with van der Waals surface area (Å²) in [5.41, 5.74) is 2.42. The Bertz CT molecular complexity index is 340. The third kappa shape index (κ3) is 2.80. The Labute approximate surface area is 97.2 Å². The summed E-state index contributed by atoms with van der Waals surface area (Å²) in [6, 6.07) is 4.68. The van der Waals surface area contributed by atoms with Crippen molar-refractivity contribution in [1.82, 2.24) is 10.3 Å². The molecule has 1 aliphatic rings. The molecular formula is C13H20N2O. The molecule has 0 radical (unpaired) electrons. The lowest BCUT2D eigenvalue weighted by molar-refractivity contribution is 0.107. The first-order chi connectivity index (χ1) is 7.79. The Morgan fingerprint density at radius 3 is 3.06 bits per heavy atom. The molecule has 3 nitrogen and oxygen atoms in total. The molecule has 3 heteroatoms. The number of nitrogens with zero attached hydrogens (tertiary/aromatic N) is 1. The van der Waals surface area contributed by atoms with Crippen LogP contribution in [0.3, 0.4) is 0 Å². The van der Waals surface area contributed by atoms with E-state index in [-0.39, 0.29) is 0 Å². The van der Waals surface area contributed by atoms with Crippen LogP contribution < -0.4 is 5.32 Å². The summed E-state index contributed by atoms with van der Waals surface area (Å²) in [4.78, 5) is 4.38. The van der Waals surface area contributed by atoms with Gasteiger partial charge in [-0.2, -0.15) is 0 Å². The summed E-state index contributed by atoms with van der Waals surface area (Å²) in [5, 5.41) is 3.56. The topological polar surface area (TPSA) is 34.1 Å². The van der Waals surface area contributed by atoms with Gasteiger partial charge in [0, 0.05) is 25.9 Å². The molecule has 1 aliphatic carbocycles. The van der Waals surface area contributed by atoms with Crippen LogP contribution in [0, 0.1) is 6.92 Å². The highest BCUT2D eigenvalue weighted by Gasteiger charge is 2.23. The molecule has 16 heavy (non-hydrogen) atoms. The average molecular weight is 220 g/mol. The second-order valence-electron chi connectivity index (χ2n) is 4.52. The molecule has 0 aliphatic heterocycles. The molecule has 0 amide bonds. The van der Waals surface area contributed by atoms with Crippen molar-refractivity contribution in [3.05, 3.63) is 29.6 Å². The Morgan fingerprint density at radius 2 is 2.38 bits per heavy atom. The Hall–Kier alpha value is -0.930. The molecule has 88 valence electrons. The molecule has 0 spiro atoms. The van der Waals surface area contributed by atoms with Gasteiger partial charge in [-0.05, 0) is 37.8 Å². The molecule has 0 aromatic carbocycles. The van der Waals surface area contributed by atoms with E-state index < -0.39 is 0 Å². The van der Waals surface area contributed by atoms with Crippen LogP contribution in [0.15, 0.2) is 18.3 Å². The van der Waals surface area contributed by atoms with Crippen molar-refractivity contribution < 1.29 is 4.74 Å². The molecule has 1 saturated carbocycles. The summed E-state index contributed by atoms with van der Waals surface area (Å²) in [5.74, 6) is 0. The molecule has 1 aromatic rings. The van der Waals surface area contributed by atoms with Crippen LogP contribution in [0.1, 0.15) is 30.5 Å². The zero-order valence-electron chi connectivity index (χ0n) is 10.1. The zero-order chi connectivity index (χ0) is 11.4. The fraction of sp³-hybridized carbons (Fsp3) is 0.615. The van der Waals surface area contributed by atoms with E-state index in [0.717, 1.165) is 18.7 Å². The number of pyridine rings is 1. The number of hydrogen-bond acceptors (Lipinski definition) is 3. The highest BCUT2D eigenvalue weighted by Crippen LogP contribution is 2.21. The molecular weight excluding hydrogens is 200 g/mol. The highest BCUT2D eigenvalue weighted by atomic mass is 16.5. The molecule has 0 bridgehead atoms. The number of hydrogen-bond donors (Lipinski definition) is 1. The summed E-state index contributed by atoms with van der Waals surface area (Å²) in [7, 11) is 1.80. The van der Waals surface area contributed by atoms with E-state index in [9.17, 15) is 0 Å². The zero-order valence-corrected chi connectivity index (χ0v) is 10.1. The highest BCUT2D eigenvalue weighted by molar-refractivity contribution is 5.17. The molecule has 1 aromatic heterocycles. The van der Waals surface area contributed by atoms with Gasteiger partial charge < -0.3 is 10.1 Å². The number of rotatable bonds is 4. The van der Waals surface area contributed by atoms with E-state index >= 15 is 0 Å². The van der Waals surface area contributed by atoms with Crippen LogP contribution in [0.4, 0.5) is 0 Å². The number of nitrogens with one attached hydrogen (secondary N) is 1. The minimum absolute atomic E-state index is 0.447. The van der Waals surface area contributed by atoms with E-state index in [1.165, 1.54) is 18.4 Å². The third-order valence-electron chi connectivity index (χ3n) is 3.39.